The van der Waals surface area contributed by atoms with E-state index >= 15 is 0 Å². The molecule has 0 unspecified atom stereocenters. The van der Waals surface area contributed by atoms with E-state index in [0.717, 1.165) is 12.5 Å². The predicted molar refractivity (Wildman–Crippen MR) is 64.7 cm³/mol. The zero-order chi connectivity index (χ0) is 14.5. The van der Waals surface area contributed by atoms with Crippen LogP contribution in [0.2, 0.25) is 0 Å². The highest BCUT2D eigenvalue weighted by Crippen LogP contribution is 2.18. The van der Waals surface area contributed by atoms with Gasteiger partial charge in [0.2, 0.25) is 0 Å². The molecule has 2 N–H and O–H groups in total. The summed E-state index contributed by atoms with van der Waals surface area (Å²) < 4.78 is 4.83. The molecule has 106 valence electrons. The molecule has 2 heterocycles. The van der Waals surface area contributed by atoms with Gasteiger partial charge >= 0.3 is 5.88 Å². The van der Waals surface area contributed by atoms with Crippen molar-refractivity contribution >= 4 is 11.8 Å². The van der Waals surface area contributed by atoms with E-state index in [9.17, 15) is 14.9 Å². The van der Waals surface area contributed by atoms with Crippen LogP contribution < -0.4 is 5.32 Å². The maximum atomic E-state index is 11.9. The summed E-state index contributed by atoms with van der Waals surface area (Å²) in [7, 11) is 0. The van der Waals surface area contributed by atoms with Crippen LogP contribution in [0.1, 0.15) is 42.2 Å². The van der Waals surface area contributed by atoms with Gasteiger partial charge in [-0.2, -0.15) is 5.21 Å². The first-order valence-electron chi connectivity index (χ1n) is 5.90. The van der Waals surface area contributed by atoms with Gasteiger partial charge < -0.3 is 9.73 Å². The third kappa shape index (κ3) is 2.96. The molecule has 2 aromatic rings. The topological polar surface area (TPSA) is 140 Å². The van der Waals surface area contributed by atoms with Gasteiger partial charge in [0.1, 0.15) is 4.92 Å². The van der Waals surface area contributed by atoms with Crippen LogP contribution in [-0.4, -0.2) is 31.5 Å². The number of nitrogens with one attached hydrogen (secondary N) is 2. The van der Waals surface area contributed by atoms with Gasteiger partial charge in [0.25, 0.3) is 5.91 Å². The minimum absolute atomic E-state index is 0.138. The van der Waals surface area contributed by atoms with Crippen LogP contribution in [0.25, 0.3) is 0 Å². The van der Waals surface area contributed by atoms with Gasteiger partial charge in [-0.1, -0.05) is 18.6 Å². The van der Waals surface area contributed by atoms with Crippen LogP contribution in [-0.2, 0) is 0 Å². The maximum absolute atomic E-state index is 11.9. The molecular formula is C10H12N6O4. The molecule has 0 saturated carbocycles. The Morgan fingerprint density at radius 3 is 2.95 bits per heavy atom. The smallest absolute Gasteiger partial charge is 0.395 e. The Labute approximate surface area is 112 Å². The standard InChI is InChI=1S/C10H12N6O4/c1-2-3-6(9-12-14-15-13-9)11-10(17)7-4-5-8(20-7)16(18)19/h4-6H,2-3H2,1H3,(H,11,17)(H,12,13,14,15)/t6-/m1/s1. The summed E-state index contributed by atoms with van der Waals surface area (Å²) in [5.41, 5.74) is 0. The monoisotopic (exact) mass is 280 g/mol. The Bertz CT molecular complexity index is 593. The quantitative estimate of drug-likeness (QED) is 0.593. The van der Waals surface area contributed by atoms with E-state index in [1.165, 1.54) is 6.07 Å². The first kappa shape index (κ1) is 13.6. The molecule has 0 saturated heterocycles. The molecule has 10 nitrogen and oxygen atoms in total. The van der Waals surface area contributed by atoms with Crippen molar-refractivity contribution < 1.29 is 14.1 Å². The van der Waals surface area contributed by atoms with Crippen LogP contribution in [0.3, 0.4) is 0 Å². The molecule has 20 heavy (non-hydrogen) atoms. The lowest BCUT2D eigenvalue weighted by molar-refractivity contribution is -0.402. The van der Waals surface area contributed by atoms with Crippen LogP contribution in [0, 0.1) is 10.1 Å². The van der Waals surface area contributed by atoms with Crippen molar-refractivity contribution in [2.75, 3.05) is 0 Å². The first-order chi connectivity index (χ1) is 9.61. The Hall–Kier alpha value is -2.78. The molecule has 0 aromatic carbocycles. The van der Waals surface area contributed by atoms with Crippen LogP contribution in [0.4, 0.5) is 5.88 Å². The third-order valence-corrected chi connectivity index (χ3v) is 2.55. The molecule has 0 aliphatic heterocycles. The number of H-pyrrole nitrogens is 1. The number of nitro groups is 1. The number of hydrogen-bond acceptors (Lipinski definition) is 7. The van der Waals surface area contributed by atoms with Gasteiger partial charge in [-0.3, -0.25) is 14.9 Å². The minimum Gasteiger partial charge on any atom is -0.395 e. The highest BCUT2D eigenvalue weighted by atomic mass is 16.6. The Balaban J connectivity index is 2.09. The molecule has 1 amide bonds. The van der Waals surface area contributed by atoms with Gasteiger partial charge in [-0.15, -0.1) is 10.2 Å². The largest absolute Gasteiger partial charge is 0.433 e. The average Bonchev–Trinajstić information content (AvgIpc) is 3.09. The second kappa shape index (κ2) is 5.91. The summed E-state index contributed by atoms with van der Waals surface area (Å²) in [4.78, 5) is 21.7. The molecular weight excluding hydrogens is 268 g/mol. The van der Waals surface area contributed by atoms with Crippen molar-refractivity contribution in [3.05, 3.63) is 33.8 Å². The lowest BCUT2D eigenvalue weighted by Gasteiger charge is -2.12. The van der Waals surface area contributed by atoms with Crippen molar-refractivity contribution in [1.82, 2.24) is 25.9 Å². The number of hydrogen-bond donors (Lipinski definition) is 2. The second-order valence-electron chi connectivity index (χ2n) is 3.98. The van der Waals surface area contributed by atoms with E-state index in [0.29, 0.717) is 12.2 Å². The van der Waals surface area contributed by atoms with Gasteiger partial charge in [0.15, 0.2) is 11.6 Å². The van der Waals surface area contributed by atoms with E-state index in [1.54, 1.807) is 0 Å². The Morgan fingerprint density at radius 1 is 1.60 bits per heavy atom. The second-order valence-corrected chi connectivity index (χ2v) is 3.98. The third-order valence-electron chi connectivity index (χ3n) is 2.55. The lowest BCUT2D eigenvalue weighted by Crippen LogP contribution is -2.29. The number of carbonyl (C=O) groups is 1. The van der Waals surface area contributed by atoms with Crippen molar-refractivity contribution in [2.45, 2.75) is 25.8 Å². The minimum atomic E-state index is -0.709. The number of furan rings is 1. The first-order valence-corrected chi connectivity index (χ1v) is 5.90. The van der Waals surface area contributed by atoms with E-state index in [2.05, 4.69) is 25.9 Å². The highest BCUT2D eigenvalue weighted by molar-refractivity contribution is 5.91. The molecule has 0 bridgehead atoms. The molecule has 0 fully saturated rings. The van der Waals surface area contributed by atoms with Crippen molar-refractivity contribution in [2.24, 2.45) is 0 Å². The summed E-state index contributed by atoms with van der Waals surface area (Å²) in [5.74, 6) is -0.842. The normalized spacial score (nSPS) is 12.1. The number of carbonyl (C=O) groups excluding carboxylic acids is 1. The molecule has 2 aromatic heterocycles. The van der Waals surface area contributed by atoms with Crippen LogP contribution in [0.15, 0.2) is 16.5 Å². The molecule has 0 aliphatic rings. The lowest BCUT2D eigenvalue weighted by atomic mass is 10.1. The van der Waals surface area contributed by atoms with Crippen molar-refractivity contribution in [3.63, 3.8) is 0 Å². The Kier molecular flexibility index (Phi) is 4.03. The zero-order valence-electron chi connectivity index (χ0n) is 10.6. The fraction of sp³-hybridized carbons (Fsp3) is 0.400. The van der Waals surface area contributed by atoms with Gasteiger partial charge in [0, 0.05) is 0 Å². The van der Waals surface area contributed by atoms with E-state index in [1.807, 2.05) is 6.92 Å². The summed E-state index contributed by atoms with van der Waals surface area (Å²) in [6, 6.07) is 1.93. The number of aromatic nitrogens is 4. The van der Waals surface area contributed by atoms with Gasteiger partial charge in [-0.05, 0) is 12.5 Å². The van der Waals surface area contributed by atoms with Crippen molar-refractivity contribution in [3.8, 4) is 0 Å². The maximum Gasteiger partial charge on any atom is 0.433 e. The number of tetrazole rings is 1. The van der Waals surface area contributed by atoms with E-state index < -0.39 is 22.8 Å². The zero-order valence-corrected chi connectivity index (χ0v) is 10.6. The molecule has 10 heteroatoms. The van der Waals surface area contributed by atoms with Crippen LogP contribution >= 0.6 is 0 Å². The summed E-state index contributed by atoms with van der Waals surface area (Å²) in [6.07, 6.45) is 1.39. The molecule has 0 aliphatic carbocycles. The number of aromatic amines is 1. The molecule has 0 radical (unpaired) electrons. The Morgan fingerprint density at radius 2 is 2.40 bits per heavy atom. The highest BCUT2D eigenvalue weighted by Gasteiger charge is 2.22. The van der Waals surface area contributed by atoms with E-state index in [4.69, 9.17) is 4.42 Å². The molecule has 2 rings (SSSR count). The van der Waals surface area contributed by atoms with Crippen molar-refractivity contribution in [1.29, 1.82) is 0 Å². The predicted octanol–water partition coefficient (Wildman–Crippen LogP) is 0.972. The van der Waals surface area contributed by atoms with Gasteiger partial charge in [0.05, 0.1) is 12.1 Å². The summed E-state index contributed by atoms with van der Waals surface area (Å²) in [5, 5.41) is 26.5. The SMILES string of the molecule is CCC[C@@H](NC(=O)c1ccc([N+](=O)[O-])o1)c1nn[nH]n1. The molecule has 0 spiro atoms. The number of amides is 1. The number of rotatable bonds is 6. The van der Waals surface area contributed by atoms with Gasteiger partial charge in [-0.25, -0.2) is 0 Å². The number of nitrogens with zero attached hydrogens (tertiary/aromatic N) is 4. The molecule has 1 atom stereocenters. The fourth-order valence-electron chi connectivity index (χ4n) is 1.65. The average molecular weight is 280 g/mol. The fourth-order valence-corrected chi connectivity index (χ4v) is 1.65. The summed E-state index contributed by atoms with van der Waals surface area (Å²) >= 11 is 0. The van der Waals surface area contributed by atoms with Crippen LogP contribution in [0.5, 0.6) is 0 Å². The van der Waals surface area contributed by atoms with E-state index in [-0.39, 0.29) is 5.76 Å². The summed E-state index contributed by atoms with van der Waals surface area (Å²) in [6.45, 7) is 1.94.